The van der Waals surface area contributed by atoms with Crippen molar-refractivity contribution in [3.63, 3.8) is 0 Å². The summed E-state index contributed by atoms with van der Waals surface area (Å²) < 4.78 is 0. The Morgan fingerprint density at radius 3 is 2.19 bits per heavy atom. The first-order valence-electron chi connectivity index (χ1n) is 13.2. The SMILES string of the molecule is CC(C)[C@@H](CN1CCC[C@H]1C(=O)NCC(=O)O)N(C)C(=O)[C@@H](NC(=O)[C@H]1CCCCN1C)C(C)(C)C. The molecular formula is C26H47N5O5. The molecule has 2 aliphatic heterocycles. The highest BCUT2D eigenvalue weighted by Gasteiger charge is 2.41. The maximum Gasteiger partial charge on any atom is 0.322 e. The van der Waals surface area contributed by atoms with E-state index in [1.165, 1.54) is 0 Å². The van der Waals surface area contributed by atoms with E-state index in [4.69, 9.17) is 5.11 Å². The third-order valence-electron chi connectivity index (χ3n) is 7.59. The number of likely N-dealkylation sites (N-methyl/N-ethyl adjacent to an activating group) is 2. The van der Waals surface area contributed by atoms with Crippen molar-refractivity contribution >= 4 is 23.7 Å². The first-order valence-corrected chi connectivity index (χ1v) is 13.2. The van der Waals surface area contributed by atoms with E-state index in [1.54, 1.807) is 11.9 Å². The van der Waals surface area contributed by atoms with Gasteiger partial charge in [0.25, 0.3) is 0 Å². The fourth-order valence-electron chi connectivity index (χ4n) is 5.30. The van der Waals surface area contributed by atoms with Gasteiger partial charge < -0.3 is 20.6 Å². The van der Waals surface area contributed by atoms with Gasteiger partial charge in [0.15, 0.2) is 0 Å². The largest absolute Gasteiger partial charge is 0.480 e. The molecule has 3 N–H and O–H groups in total. The zero-order valence-electron chi connectivity index (χ0n) is 23.2. The number of carboxylic acid groups (broad SMARTS) is 1. The van der Waals surface area contributed by atoms with Crippen LogP contribution in [0.1, 0.15) is 66.7 Å². The summed E-state index contributed by atoms with van der Waals surface area (Å²) in [5, 5.41) is 14.5. The number of aliphatic carboxylic acids is 1. The predicted molar refractivity (Wildman–Crippen MR) is 138 cm³/mol. The van der Waals surface area contributed by atoms with Gasteiger partial charge in [-0.05, 0) is 57.2 Å². The van der Waals surface area contributed by atoms with Crippen LogP contribution in [0.5, 0.6) is 0 Å². The van der Waals surface area contributed by atoms with Gasteiger partial charge in [-0.2, -0.15) is 0 Å². The Balaban J connectivity index is 2.15. The van der Waals surface area contributed by atoms with Crippen LogP contribution in [0.3, 0.4) is 0 Å². The first-order chi connectivity index (χ1) is 16.7. The molecule has 0 saturated carbocycles. The molecule has 10 nitrogen and oxygen atoms in total. The van der Waals surface area contributed by atoms with E-state index in [0.717, 1.165) is 32.2 Å². The summed E-state index contributed by atoms with van der Waals surface area (Å²) in [6, 6.07) is -1.49. The van der Waals surface area contributed by atoms with E-state index in [0.29, 0.717) is 19.5 Å². The Morgan fingerprint density at radius 1 is 1.00 bits per heavy atom. The zero-order chi connectivity index (χ0) is 27.2. The lowest BCUT2D eigenvalue weighted by molar-refractivity contribution is -0.143. The first kappa shape index (κ1) is 30.0. The van der Waals surface area contributed by atoms with Crippen LogP contribution in [-0.2, 0) is 19.2 Å². The van der Waals surface area contributed by atoms with Crippen LogP contribution in [0.4, 0.5) is 0 Å². The molecule has 4 atom stereocenters. The van der Waals surface area contributed by atoms with E-state index in [-0.39, 0.29) is 35.7 Å². The van der Waals surface area contributed by atoms with Crippen LogP contribution in [0, 0.1) is 11.3 Å². The number of carboxylic acids is 1. The molecule has 2 aliphatic rings. The fraction of sp³-hybridized carbons (Fsp3) is 0.846. The number of carbonyl (C=O) groups excluding carboxylic acids is 3. The molecule has 0 spiro atoms. The Bertz CT molecular complexity index is 796. The molecule has 2 rings (SSSR count). The summed E-state index contributed by atoms with van der Waals surface area (Å²) in [5.74, 6) is -1.49. The molecule has 2 heterocycles. The van der Waals surface area contributed by atoms with Gasteiger partial charge >= 0.3 is 5.97 Å². The number of amides is 3. The Labute approximate surface area is 216 Å². The summed E-state index contributed by atoms with van der Waals surface area (Å²) in [5.41, 5.74) is -0.483. The zero-order valence-corrected chi connectivity index (χ0v) is 23.2. The number of piperidine rings is 1. The second-order valence-electron chi connectivity index (χ2n) is 11.8. The summed E-state index contributed by atoms with van der Waals surface area (Å²) >= 11 is 0. The number of nitrogens with one attached hydrogen (secondary N) is 2. The van der Waals surface area contributed by atoms with E-state index >= 15 is 0 Å². The van der Waals surface area contributed by atoms with Gasteiger partial charge in [0.2, 0.25) is 17.7 Å². The summed E-state index contributed by atoms with van der Waals surface area (Å²) in [6.45, 7) is 11.7. The van der Waals surface area contributed by atoms with Gasteiger partial charge in [0, 0.05) is 19.6 Å². The smallest absolute Gasteiger partial charge is 0.322 e. The van der Waals surface area contributed by atoms with Crippen molar-refractivity contribution in [2.75, 3.05) is 40.3 Å². The van der Waals surface area contributed by atoms with Gasteiger partial charge in [0.05, 0.1) is 12.1 Å². The Morgan fingerprint density at radius 2 is 1.64 bits per heavy atom. The third-order valence-corrected chi connectivity index (χ3v) is 7.59. The highest BCUT2D eigenvalue weighted by Crippen LogP contribution is 2.26. The van der Waals surface area contributed by atoms with Crippen LogP contribution >= 0.6 is 0 Å². The number of rotatable bonds is 10. The molecule has 0 aromatic heterocycles. The second-order valence-corrected chi connectivity index (χ2v) is 11.8. The molecule has 2 saturated heterocycles. The molecule has 0 radical (unpaired) electrons. The lowest BCUT2D eigenvalue weighted by Crippen LogP contribution is -2.61. The molecule has 2 fully saturated rings. The number of nitrogens with zero attached hydrogens (tertiary/aromatic N) is 3. The molecule has 206 valence electrons. The third kappa shape index (κ3) is 7.90. The van der Waals surface area contributed by atoms with Gasteiger partial charge in [-0.1, -0.05) is 41.0 Å². The Kier molecular flexibility index (Phi) is 10.7. The van der Waals surface area contributed by atoms with E-state index in [9.17, 15) is 19.2 Å². The van der Waals surface area contributed by atoms with Gasteiger partial charge in [0.1, 0.15) is 12.6 Å². The van der Waals surface area contributed by atoms with E-state index < -0.39 is 30.0 Å². The molecule has 10 heteroatoms. The molecule has 3 amide bonds. The van der Waals surface area contributed by atoms with Crippen molar-refractivity contribution in [2.24, 2.45) is 11.3 Å². The average molecular weight is 510 g/mol. The van der Waals surface area contributed by atoms with Crippen molar-refractivity contribution in [3.8, 4) is 0 Å². The highest BCUT2D eigenvalue weighted by molar-refractivity contribution is 5.90. The van der Waals surface area contributed by atoms with Crippen molar-refractivity contribution in [2.45, 2.75) is 90.9 Å². The van der Waals surface area contributed by atoms with Gasteiger partial charge in [-0.3, -0.25) is 29.0 Å². The van der Waals surface area contributed by atoms with Gasteiger partial charge in [-0.25, -0.2) is 0 Å². The minimum atomic E-state index is -1.08. The van der Waals surface area contributed by atoms with Crippen molar-refractivity contribution in [3.05, 3.63) is 0 Å². The van der Waals surface area contributed by atoms with Crippen LogP contribution < -0.4 is 10.6 Å². The second kappa shape index (κ2) is 12.9. The van der Waals surface area contributed by atoms with Crippen molar-refractivity contribution in [1.29, 1.82) is 0 Å². The molecule has 0 aromatic rings. The highest BCUT2D eigenvalue weighted by atomic mass is 16.4. The van der Waals surface area contributed by atoms with Crippen molar-refractivity contribution in [1.82, 2.24) is 25.3 Å². The summed E-state index contributed by atoms with van der Waals surface area (Å²) in [6.07, 6.45) is 4.36. The van der Waals surface area contributed by atoms with Gasteiger partial charge in [-0.15, -0.1) is 0 Å². The number of carbonyl (C=O) groups is 4. The fourth-order valence-corrected chi connectivity index (χ4v) is 5.30. The van der Waals surface area contributed by atoms with E-state index in [1.807, 2.05) is 46.6 Å². The van der Waals surface area contributed by atoms with Crippen LogP contribution in [-0.4, -0.2) is 108 Å². The standard InChI is InChI=1S/C26H47N5O5/c1-17(2)20(16-31-14-10-12-19(31)23(34)27-15-21(32)33)30(7)25(36)22(26(3,4)5)28-24(35)18-11-8-9-13-29(18)6/h17-20,22H,8-16H2,1-7H3,(H,27,34)(H,28,35)(H,32,33)/t18-,19+,20-,22-/m1/s1. The minimum absolute atomic E-state index is 0.102. The van der Waals surface area contributed by atoms with Crippen LogP contribution in [0.2, 0.25) is 0 Å². The molecule has 0 aromatic carbocycles. The maximum atomic E-state index is 13.8. The minimum Gasteiger partial charge on any atom is -0.480 e. The quantitative estimate of drug-likeness (QED) is 0.404. The van der Waals surface area contributed by atoms with Crippen LogP contribution in [0.25, 0.3) is 0 Å². The lowest BCUT2D eigenvalue weighted by Gasteiger charge is -2.41. The maximum absolute atomic E-state index is 13.8. The summed E-state index contributed by atoms with van der Waals surface area (Å²) in [4.78, 5) is 56.3. The monoisotopic (exact) mass is 509 g/mol. The molecule has 0 unspecified atom stereocenters. The van der Waals surface area contributed by atoms with Crippen LogP contribution in [0.15, 0.2) is 0 Å². The average Bonchev–Trinajstić information content (AvgIpc) is 3.26. The molecule has 0 aliphatic carbocycles. The predicted octanol–water partition coefficient (Wildman–Crippen LogP) is 1.15. The molecular weight excluding hydrogens is 462 g/mol. The topological polar surface area (TPSA) is 122 Å². The summed E-state index contributed by atoms with van der Waals surface area (Å²) in [7, 11) is 3.73. The molecule has 36 heavy (non-hydrogen) atoms. The normalized spacial score (nSPS) is 23.2. The lowest BCUT2D eigenvalue weighted by atomic mass is 9.84. The number of hydrogen-bond donors (Lipinski definition) is 3. The Hall–Kier alpha value is -2.20. The number of hydrogen-bond acceptors (Lipinski definition) is 6. The van der Waals surface area contributed by atoms with Crippen molar-refractivity contribution < 1.29 is 24.3 Å². The number of likely N-dealkylation sites (tertiary alicyclic amines) is 2. The van der Waals surface area contributed by atoms with E-state index in [2.05, 4.69) is 15.5 Å². The molecule has 0 bridgehead atoms.